The van der Waals surface area contributed by atoms with Crippen molar-refractivity contribution in [3.63, 3.8) is 0 Å². The lowest BCUT2D eigenvalue weighted by molar-refractivity contribution is 0.102. The molecular formula is C18H22N4O3. The zero-order valence-electron chi connectivity index (χ0n) is 14.4. The van der Waals surface area contributed by atoms with E-state index in [-0.39, 0.29) is 5.91 Å². The van der Waals surface area contributed by atoms with Gasteiger partial charge in [-0.1, -0.05) is 12.8 Å². The highest BCUT2D eigenvalue weighted by Crippen LogP contribution is 2.29. The number of hydrogen-bond donors (Lipinski definition) is 2. The standard InChI is InChI=1S/C18H22N4O3/c1-24-13-7-8-16(25-2)14(9-13)22-18(23)15-10-17(20-11-19-15)21-12-5-3-4-6-12/h7-12H,3-6H2,1-2H3,(H,22,23)(H,19,20,21). The molecule has 25 heavy (non-hydrogen) atoms. The van der Waals surface area contributed by atoms with E-state index >= 15 is 0 Å². The summed E-state index contributed by atoms with van der Waals surface area (Å²) in [6.45, 7) is 0. The first-order chi connectivity index (χ1) is 12.2. The third-order valence-electron chi connectivity index (χ3n) is 4.26. The number of rotatable bonds is 6. The number of carbonyl (C=O) groups is 1. The number of carbonyl (C=O) groups excluding carboxylic acids is 1. The second kappa shape index (κ2) is 7.83. The molecule has 0 spiro atoms. The SMILES string of the molecule is COc1ccc(OC)c(NC(=O)c2cc(NC3CCCC3)ncn2)c1. The highest BCUT2D eigenvalue weighted by molar-refractivity contribution is 6.04. The van der Waals surface area contributed by atoms with Crippen LogP contribution in [0.25, 0.3) is 0 Å². The van der Waals surface area contributed by atoms with Gasteiger partial charge in [-0.25, -0.2) is 9.97 Å². The Morgan fingerprint density at radius 2 is 1.92 bits per heavy atom. The van der Waals surface area contributed by atoms with Crippen molar-refractivity contribution in [2.24, 2.45) is 0 Å². The van der Waals surface area contributed by atoms with Gasteiger partial charge in [0.25, 0.3) is 5.91 Å². The summed E-state index contributed by atoms with van der Waals surface area (Å²) >= 11 is 0. The fraction of sp³-hybridized carbons (Fsp3) is 0.389. The maximum Gasteiger partial charge on any atom is 0.274 e. The Bertz CT molecular complexity index is 745. The molecule has 0 unspecified atom stereocenters. The lowest BCUT2D eigenvalue weighted by atomic mass is 10.2. The number of anilines is 2. The molecule has 0 saturated heterocycles. The van der Waals surface area contributed by atoms with Crippen molar-refractivity contribution >= 4 is 17.4 Å². The van der Waals surface area contributed by atoms with Gasteiger partial charge >= 0.3 is 0 Å². The van der Waals surface area contributed by atoms with Crippen LogP contribution in [-0.2, 0) is 0 Å². The average molecular weight is 342 g/mol. The summed E-state index contributed by atoms with van der Waals surface area (Å²) in [6.07, 6.45) is 6.12. The van der Waals surface area contributed by atoms with Crippen LogP contribution < -0.4 is 20.1 Å². The first kappa shape index (κ1) is 17.0. The van der Waals surface area contributed by atoms with E-state index < -0.39 is 0 Å². The zero-order chi connectivity index (χ0) is 17.6. The van der Waals surface area contributed by atoms with Crippen LogP contribution in [0.1, 0.15) is 36.2 Å². The Hall–Kier alpha value is -2.83. The second-order valence-electron chi connectivity index (χ2n) is 5.93. The normalized spacial score (nSPS) is 14.2. The first-order valence-electron chi connectivity index (χ1n) is 8.31. The van der Waals surface area contributed by atoms with Gasteiger partial charge in [-0.15, -0.1) is 0 Å². The largest absolute Gasteiger partial charge is 0.497 e. The fourth-order valence-corrected chi connectivity index (χ4v) is 2.94. The van der Waals surface area contributed by atoms with E-state index in [4.69, 9.17) is 9.47 Å². The summed E-state index contributed by atoms with van der Waals surface area (Å²) in [5, 5.41) is 6.18. The summed E-state index contributed by atoms with van der Waals surface area (Å²) in [5.41, 5.74) is 0.816. The van der Waals surface area contributed by atoms with Gasteiger partial charge in [0.15, 0.2) is 0 Å². The highest BCUT2D eigenvalue weighted by Gasteiger charge is 2.17. The molecular weight excluding hydrogens is 320 g/mol. The molecule has 2 aromatic rings. The van der Waals surface area contributed by atoms with Crippen molar-refractivity contribution in [1.82, 2.24) is 9.97 Å². The molecule has 1 saturated carbocycles. The Balaban J connectivity index is 1.74. The molecule has 1 aromatic heterocycles. The summed E-state index contributed by atoms with van der Waals surface area (Å²) in [7, 11) is 3.12. The van der Waals surface area contributed by atoms with Crippen LogP contribution >= 0.6 is 0 Å². The van der Waals surface area contributed by atoms with Crippen LogP contribution in [0.4, 0.5) is 11.5 Å². The minimum absolute atomic E-state index is 0.292. The molecule has 1 aliphatic carbocycles. The van der Waals surface area contributed by atoms with Crippen LogP contribution in [0.2, 0.25) is 0 Å². The number of nitrogens with one attached hydrogen (secondary N) is 2. The molecule has 0 radical (unpaired) electrons. The monoisotopic (exact) mass is 342 g/mol. The minimum atomic E-state index is -0.330. The highest BCUT2D eigenvalue weighted by atomic mass is 16.5. The van der Waals surface area contributed by atoms with Gasteiger partial charge in [0, 0.05) is 18.2 Å². The molecule has 7 heteroatoms. The van der Waals surface area contributed by atoms with E-state index in [2.05, 4.69) is 20.6 Å². The molecule has 132 valence electrons. The van der Waals surface area contributed by atoms with Gasteiger partial charge in [-0.3, -0.25) is 4.79 Å². The van der Waals surface area contributed by atoms with Gasteiger partial charge in [-0.05, 0) is 25.0 Å². The molecule has 7 nitrogen and oxygen atoms in total. The van der Waals surface area contributed by atoms with Crippen LogP contribution in [0.3, 0.4) is 0 Å². The van der Waals surface area contributed by atoms with Crippen molar-refractivity contribution < 1.29 is 14.3 Å². The predicted molar refractivity (Wildman–Crippen MR) is 95.4 cm³/mol. The molecule has 0 atom stereocenters. The average Bonchev–Trinajstić information content (AvgIpc) is 3.14. The van der Waals surface area contributed by atoms with Gasteiger partial charge in [0.1, 0.15) is 29.3 Å². The quantitative estimate of drug-likeness (QED) is 0.839. The van der Waals surface area contributed by atoms with E-state index in [9.17, 15) is 4.79 Å². The predicted octanol–water partition coefficient (Wildman–Crippen LogP) is 3.10. The lowest BCUT2D eigenvalue weighted by Crippen LogP contribution is -2.18. The molecule has 1 amide bonds. The van der Waals surface area contributed by atoms with Crippen molar-refractivity contribution in [3.05, 3.63) is 36.3 Å². The number of benzene rings is 1. The number of aromatic nitrogens is 2. The van der Waals surface area contributed by atoms with E-state index in [1.807, 2.05) is 0 Å². The number of methoxy groups -OCH3 is 2. The van der Waals surface area contributed by atoms with E-state index in [0.29, 0.717) is 34.7 Å². The summed E-state index contributed by atoms with van der Waals surface area (Å²) in [6, 6.07) is 7.30. The van der Waals surface area contributed by atoms with E-state index in [0.717, 1.165) is 12.8 Å². The molecule has 1 aliphatic rings. The lowest BCUT2D eigenvalue weighted by Gasteiger charge is -2.14. The Labute approximate surface area is 146 Å². The summed E-state index contributed by atoms with van der Waals surface area (Å²) in [4.78, 5) is 20.8. The third-order valence-corrected chi connectivity index (χ3v) is 4.26. The third kappa shape index (κ3) is 4.17. The molecule has 0 aliphatic heterocycles. The summed E-state index contributed by atoms with van der Waals surface area (Å²) in [5.74, 6) is 1.52. The molecule has 1 aromatic carbocycles. The van der Waals surface area contributed by atoms with Crippen LogP contribution in [0.15, 0.2) is 30.6 Å². The van der Waals surface area contributed by atoms with Crippen LogP contribution in [-0.4, -0.2) is 36.1 Å². The van der Waals surface area contributed by atoms with E-state index in [1.54, 1.807) is 38.5 Å². The second-order valence-corrected chi connectivity index (χ2v) is 5.93. The molecule has 2 N–H and O–H groups in total. The first-order valence-corrected chi connectivity index (χ1v) is 8.31. The molecule has 3 rings (SSSR count). The minimum Gasteiger partial charge on any atom is -0.497 e. The molecule has 1 fully saturated rings. The Kier molecular flexibility index (Phi) is 5.33. The van der Waals surface area contributed by atoms with Crippen molar-refractivity contribution in [1.29, 1.82) is 0 Å². The van der Waals surface area contributed by atoms with Crippen LogP contribution in [0.5, 0.6) is 11.5 Å². The summed E-state index contributed by atoms with van der Waals surface area (Å²) < 4.78 is 10.5. The molecule has 1 heterocycles. The number of nitrogens with zero attached hydrogens (tertiary/aromatic N) is 2. The van der Waals surface area contributed by atoms with Crippen molar-refractivity contribution in [3.8, 4) is 11.5 Å². The Morgan fingerprint density at radius 3 is 2.64 bits per heavy atom. The van der Waals surface area contributed by atoms with Gasteiger partial charge in [0.05, 0.1) is 19.9 Å². The maximum atomic E-state index is 12.5. The zero-order valence-corrected chi connectivity index (χ0v) is 14.4. The topological polar surface area (TPSA) is 85.4 Å². The van der Waals surface area contributed by atoms with Gasteiger partial charge in [0.2, 0.25) is 0 Å². The van der Waals surface area contributed by atoms with Gasteiger partial charge in [-0.2, -0.15) is 0 Å². The fourth-order valence-electron chi connectivity index (χ4n) is 2.94. The smallest absolute Gasteiger partial charge is 0.274 e. The number of amides is 1. The van der Waals surface area contributed by atoms with Crippen LogP contribution in [0, 0.1) is 0 Å². The van der Waals surface area contributed by atoms with Crippen molar-refractivity contribution in [2.75, 3.05) is 24.9 Å². The van der Waals surface area contributed by atoms with E-state index in [1.165, 1.54) is 19.2 Å². The maximum absolute atomic E-state index is 12.5. The van der Waals surface area contributed by atoms with Gasteiger partial charge < -0.3 is 20.1 Å². The Morgan fingerprint density at radius 1 is 1.12 bits per heavy atom. The number of hydrogen-bond acceptors (Lipinski definition) is 6. The number of ether oxygens (including phenoxy) is 2. The molecule has 0 bridgehead atoms. The van der Waals surface area contributed by atoms with Crippen molar-refractivity contribution in [2.45, 2.75) is 31.7 Å².